The molecule has 0 aromatic heterocycles. The SMILES string of the molecule is CC1(C)CC(Cc2ccc(I)cc2)=CC(O)C1. The van der Waals surface area contributed by atoms with Crippen molar-refractivity contribution in [1.82, 2.24) is 0 Å². The number of rotatable bonds is 2. The van der Waals surface area contributed by atoms with Crippen LogP contribution in [-0.4, -0.2) is 11.2 Å². The first-order chi connectivity index (χ1) is 7.94. The highest BCUT2D eigenvalue weighted by Gasteiger charge is 2.27. The molecule has 1 aromatic carbocycles. The molecular weight excluding hydrogens is 323 g/mol. The van der Waals surface area contributed by atoms with Crippen molar-refractivity contribution in [3.8, 4) is 0 Å². The maximum atomic E-state index is 9.86. The highest BCUT2D eigenvalue weighted by Crippen LogP contribution is 2.36. The summed E-state index contributed by atoms with van der Waals surface area (Å²) >= 11 is 2.32. The minimum Gasteiger partial charge on any atom is -0.389 e. The Labute approximate surface area is 117 Å². The van der Waals surface area contributed by atoms with E-state index < -0.39 is 0 Å². The molecule has 0 radical (unpaired) electrons. The molecule has 1 unspecified atom stereocenters. The summed E-state index contributed by atoms with van der Waals surface area (Å²) in [5.74, 6) is 0. The summed E-state index contributed by atoms with van der Waals surface area (Å²) in [5.41, 5.74) is 2.93. The van der Waals surface area contributed by atoms with E-state index in [1.54, 1.807) is 0 Å². The van der Waals surface area contributed by atoms with Gasteiger partial charge >= 0.3 is 0 Å². The molecule has 0 amide bonds. The summed E-state index contributed by atoms with van der Waals surface area (Å²) in [6, 6.07) is 8.63. The lowest BCUT2D eigenvalue weighted by Gasteiger charge is -2.32. The van der Waals surface area contributed by atoms with Gasteiger partial charge in [0.1, 0.15) is 0 Å². The Morgan fingerprint density at radius 3 is 2.53 bits per heavy atom. The highest BCUT2D eigenvalue weighted by molar-refractivity contribution is 14.1. The van der Waals surface area contributed by atoms with Gasteiger partial charge in [0.2, 0.25) is 0 Å². The average Bonchev–Trinajstić information content (AvgIpc) is 2.18. The Balaban J connectivity index is 2.11. The molecule has 2 heteroatoms. The number of aliphatic hydroxyl groups excluding tert-OH is 1. The molecule has 0 aliphatic heterocycles. The monoisotopic (exact) mass is 342 g/mol. The van der Waals surface area contributed by atoms with Crippen LogP contribution in [0.5, 0.6) is 0 Å². The molecule has 1 atom stereocenters. The van der Waals surface area contributed by atoms with Crippen LogP contribution < -0.4 is 0 Å². The minimum absolute atomic E-state index is 0.229. The second-order valence-corrected chi connectivity index (χ2v) is 6.99. The third kappa shape index (κ3) is 3.81. The fraction of sp³-hybridized carbons (Fsp3) is 0.467. The van der Waals surface area contributed by atoms with Crippen LogP contribution in [0.15, 0.2) is 35.9 Å². The van der Waals surface area contributed by atoms with Gasteiger partial charge in [0.25, 0.3) is 0 Å². The van der Waals surface area contributed by atoms with Crippen LogP contribution in [0.3, 0.4) is 0 Å². The van der Waals surface area contributed by atoms with Crippen LogP contribution in [0.25, 0.3) is 0 Å². The minimum atomic E-state index is -0.266. The molecule has 1 nitrogen and oxygen atoms in total. The number of halogens is 1. The quantitative estimate of drug-likeness (QED) is 0.638. The maximum absolute atomic E-state index is 9.86. The molecule has 0 saturated carbocycles. The van der Waals surface area contributed by atoms with E-state index in [-0.39, 0.29) is 11.5 Å². The molecule has 0 saturated heterocycles. The molecule has 1 aromatic rings. The fourth-order valence-electron chi connectivity index (χ4n) is 2.63. The zero-order valence-corrected chi connectivity index (χ0v) is 12.6. The van der Waals surface area contributed by atoms with E-state index >= 15 is 0 Å². The predicted octanol–water partition coefficient (Wildman–Crippen LogP) is 3.94. The average molecular weight is 342 g/mol. The first-order valence-corrected chi connectivity index (χ1v) is 7.15. The van der Waals surface area contributed by atoms with Gasteiger partial charge in [-0.2, -0.15) is 0 Å². The Hall–Kier alpha value is -0.350. The molecule has 0 fully saturated rings. The van der Waals surface area contributed by atoms with Crippen molar-refractivity contribution in [2.45, 2.75) is 39.2 Å². The standard InChI is InChI=1S/C15H19IO/c1-15(2)9-12(8-14(17)10-15)7-11-3-5-13(16)6-4-11/h3-6,8,14,17H,7,9-10H2,1-2H3. The number of hydrogen-bond donors (Lipinski definition) is 1. The second-order valence-electron chi connectivity index (χ2n) is 5.74. The van der Waals surface area contributed by atoms with E-state index in [1.165, 1.54) is 14.7 Å². The van der Waals surface area contributed by atoms with Gasteiger partial charge in [-0.15, -0.1) is 0 Å². The molecule has 2 rings (SSSR count). The number of allylic oxidation sites excluding steroid dienone is 1. The van der Waals surface area contributed by atoms with Gasteiger partial charge in [-0.1, -0.05) is 37.6 Å². The highest BCUT2D eigenvalue weighted by atomic mass is 127. The normalized spacial score (nSPS) is 23.3. The Kier molecular flexibility index (Phi) is 3.93. The topological polar surface area (TPSA) is 20.2 Å². The van der Waals surface area contributed by atoms with Crippen LogP contribution in [-0.2, 0) is 6.42 Å². The van der Waals surface area contributed by atoms with E-state index in [4.69, 9.17) is 0 Å². The number of hydrogen-bond acceptors (Lipinski definition) is 1. The van der Waals surface area contributed by atoms with Crippen molar-refractivity contribution in [3.63, 3.8) is 0 Å². The summed E-state index contributed by atoms with van der Waals surface area (Å²) < 4.78 is 1.27. The van der Waals surface area contributed by atoms with Crippen LogP contribution in [0.1, 0.15) is 32.3 Å². The van der Waals surface area contributed by atoms with E-state index in [2.05, 4.69) is 60.7 Å². The molecule has 1 aliphatic carbocycles. The second kappa shape index (κ2) is 5.11. The van der Waals surface area contributed by atoms with Gasteiger partial charge < -0.3 is 5.11 Å². The summed E-state index contributed by atoms with van der Waals surface area (Å²) in [7, 11) is 0. The fourth-order valence-corrected chi connectivity index (χ4v) is 2.99. The van der Waals surface area contributed by atoms with Crippen LogP contribution in [0.4, 0.5) is 0 Å². The van der Waals surface area contributed by atoms with Gasteiger partial charge in [-0.25, -0.2) is 0 Å². The lowest BCUT2D eigenvalue weighted by atomic mass is 9.75. The first-order valence-electron chi connectivity index (χ1n) is 6.07. The van der Waals surface area contributed by atoms with Crippen molar-refractivity contribution in [2.75, 3.05) is 0 Å². The van der Waals surface area contributed by atoms with Crippen molar-refractivity contribution in [1.29, 1.82) is 0 Å². The number of benzene rings is 1. The Morgan fingerprint density at radius 1 is 1.29 bits per heavy atom. The summed E-state index contributed by atoms with van der Waals surface area (Å²) in [6.45, 7) is 4.47. The van der Waals surface area contributed by atoms with Crippen LogP contribution >= 0.6 is 22.6 Å². The third-order valence-corrected chi connectivity index (χ3v) is 3.96. The van der Waals surface area contributed by atoms with Gasteiger partial charge in [0.05, 0.1) is 6.10 Å². The van der Waals surface area contributed by atoms with E-state index in [9.17, 15) is 5.11 Å². The molecule has 92 valence electrons. The predicted molar refractivity (Wildman–Crippen MR) is 80.0 cm³/mol. The van der Waals surface area contributed by atoms with Crippen molar-refractivity contribution in [3.05, 3.63) is 45.0 Å². The first kappa shape index (κ1) is 13.1. The van der Waals surface area contributed by atoms with Gasteiger partial charge in [-0.05, 0) is 65.0 Å². The molecule has 1 aliphatic rings. The van der Waals surface area contributed by atoms with Crippen LogP contribution in [0, 0.1) is 8.99 Å². The Morgan fingerprint density at radius 2 is 1.94 bits per heavy atom. The van der Waals surface area contributed by atoms with Crippen molar-refractivity contribution < 1.29 is 5.11 Å². The lowest BCUT2D eigenvalue weighted by Crippen LogP contribution is -2.25. The molecular formula is C15H19IO. The van der Waals surface area contributed by atoms with Crippen molar-refractivity contribution >= 4 is 22.6 Å². The molecule has 0 bridgehead atoms. The van der Waals surface area contributed by atoms with E-state index in [1.807, 2.05) is 6.08 Å². The largest absolute Gasteiger partial charge is 0.389 e. The summed E-state index contributed by atoms with van der Waals surface area (Å²) in [5, 5.41) is 9.86. The van der Waals surface area contributed by atoms with Gasteiger partial charge in [0.15, 0.2) is 0 Å². The molecule has 1 N–H and O–H groups in total. The van der Waals surface area contributed by atoms with Crippen LogP contribution in [0.2, 0.25) is 0 Å². The molecule has 17 heavy (non-hydrogen) atoms. The van der Waals surface area contributed by atoms with Gasteiger partial charge in [0, 0.05) is 3.57 Å². The summed E-state index contributed by atoms with van der Waals surface area (Å²) in [4.78, 5) is 0. The zero-order valence-electron chi connectivity index (χ0n) is 10.4. The zero-order chi connectivity index (χ0) is 12.5. The van der Waals surface area contributed by atoms with E-state index in [0.717, 1.165) is 19.3 Å². The van der Waals surface area contributed by atoms with Crippen molar-refractivity contribution in [2.24, 2.45) is 5.41 Å². The maximum Gasteiger partial charge on any atom is 0.0728 e. The lowest BCUT2D eigenvalue weighted by molar-refractivity contribution is 0.138. The third-order valence-electron chi connectivity index (χ3n) is 3.24. The molecule has 0 spiro atoms. The van der Waals surface area contributed by atoms with Gasteiger partial charge in [-0.3, -0.25) is 0 Å². The number of aliphatic hydroxyl groups is 1. The Bertz CT molecular complexity index is 417. The van der Waals surface area contributed by atoms with E-state index in [0.29, 0.717) is 0 Å². The smallest absolute Gasteiger partial charge is 0.0728 e. The molecule has 0 heterocycles. The summed E-state index contributed by atoms with van der Waals surface area (Å²) in [6.07, 6.45) is 4.72.